The first-order chi connectivity index (χ1) is 17.0. The molecule has 0 amide bonds. The van der Waals surface area contributed by atoms with Gasteiger partial charge >= 0.3 is 17.1 Å². The summed E-state index contributed by atoms with van der Waals surface area (Å²) < 4.78 is 28.4. The Balaban J connectivity index is 2.96. The zero-order valence-corrected chi connectivity index (χ0v) is 32.4. The Morgan fingerprint density at radius 2 is 0.895 bits per heavy atom. The van der Waals surface area contributed by atoms with Gasteiger partial charge in [0.15, 0.2) is 33.3 Å². The molecule has 2 rings (SSSR count). The van der Waals surface area contributed by atoms with Crippen molar-refractivity contribution < 1.29 is 16.5 Å². The molecule has 0 heterocycles. The summed E-state index contributed by atoms with van der Waals surface area (Å²) in [6.45, 7) is 31.6. The van der Waals surface area contributed by atoms with Gasteiger partial charge in [-0.25, -0.2) is 0 Å². The summed E-state index contributed by atoms with van der Waals surface area (Å²) in [5.74, 6) is 0. The van der Waals surface area contributed by atoms with Crippen LogP contribution in [0.15, 0.2) is 54.6 Å². The predicted molar refractivity (Wildman–Crippen MR) is 181 cm³/mol. The van der Waals surface area contributed by atoms with Crippen molar-refractivity contribution in [3.05, 3.63) is 65.7 Å². The Morgan fingerprint density at radius 3 is 1.32 bits per heavy atom. The Bertz CT molecular complexity index is 1060. The highest BCUT2D eigenvalue weighted by atomic mass is 28.5. The molecular formula is C28H52O4Si6. The van der Waals surface area contributed by atoms with Crippen molar-refractivity contribution in [2.45, 2.75) is 91.7 Å². The molecule has 0 aliphatic rings. The molecule has 4 nitrogen and oxygen atoms in total. The number of hydrogen-bond donors (Lipinski definition) is 0. The molecular weight excluding hydrogens is 569 g/mol. The lowest BCUT2D eigenvalue weighted by Gasteiger charge is -2.43. The molecule has 0 unspecified atom stereocenters. The van der Waals surface area contributed by atoms with Crippen LogP contribution in [-0.2, 0) is 16.5 Å². The number of rotatable bonds is 12. The maximum Gasteiger partial charge on any atom is 0.349 e. The molecule has 2 aromatic carbocycles. The minimum atomic E-state index is -2.88. The molecule has 0 saturated heterocycles. The minimum absolute atomic E-state index is 1.15. The standard InChI is InChI=1S/C28H52O4Si6/c1-33(2,3)29-37(13,30-34(4,5)6)27-23-19-18-22-26(27)28(24-25-20-16-15-17-21-25)38(14,31-35(7,8)9)32-36(10,11)12/h15-24H,1-14H3/b28-24-. The van der Waals surface area contributed by atoms with E-state index >= 15 is 0 Å². The molecule has 0 N–H and O–H groups in total. The minimum Gasteiger partial charge on any atom is -0.433 e. The highest BCUT2D eigenvalue weighted by Gasteiger charge is 2.48. The van der Waals surface area contributed by atoms with Crippen LogP contribution in [0.2, 0.25) is 91.7 Å². The average Bonchev–Trinajstić information content (AvgIpc) is 2.67. The Labute approximate surface area is 239 Å². The van der Waals surface area contributed by atoms with Crippen LogP contribution in [0.1, 0.15) is 11.1 Å². The fraction of sp³-hybridized carbons (Fsp3) is 0.500. The highest BCUT2D eigenvalue weighted by molar-refractivity contribution is 6.99. The quantitative estimate of drug-likeness (QED) is 0.176. The molecule has 0 aliphatic carbocycles. The largest absolute Gasteiger partial charge is 0.433 e. The van der Waals surface area contributed by atoms with Gasteiger partial charge in [0.1, 0.15) is 0 Å². The average molecular weight is 621 g/mol. The molecule has 38 heavy (non-hydrogen) atoms. The molecule has 0 spiro atoms. The van der Waals surface area contributed by atoms with Crippen LogP contribution in [-0.4, -0.2) is 50.4 Å². The summed E-state index contributed by atoms with van der Waals surface area (Å²) in [5, 5.41) is 2.35. The van der Waals surface area contributed by atoms with Crippen LogP contribution in [0.25, 0.3) is 11.3 Å². The van der Waals surface area contributed by atoms with E-state index in [1.807, 2.05) is 0 Å². The Morgan fingerprint density at radius 1 is 0.500 bits per heavy atom. The molecule has 0 saturated carbocycles. The van der Waals surface area contributed by atoms with Crippen molar-refractivity contribution in [3.63, 3.8) is 0 Å². The molecule has 0 aromatic heterocycles. The fourth-order valence-corrected chi connectivity index (χ4v) is 28.8. The third kappa shape index (κ3) is 10.7. The maximum atomic E-state index is 7.13. The molecule has 212 valence electrons. The van der Waals surface area contributed by atoms with Crippen LogP contribution in [0, 0.1) is 0 Å². The number of benzene rings is 2. The summed E-state index contributed by atoms with van der Waals surface area (Å²) in [6.07, 6.45) is 2.31. The van der Waals surface area contributed by atoms with E-state index in [2.05, 4.69) is 152 Å². The summed E-state index contributed by atoms with van der Waals surface area (Å²) in [4.78, 5) is 0. The van der Waals surface area contributed by atoms with Crippen LogP contribution >= 0.6 is 0 Å². The van der Waals surface area contributed by atoms with E-state index in [9.17, 15) is 0 Å². The van der Waals surface area contributed by atoms with Crippen molar-refractivity contribution in [2.24, 2.45) is 0 Å². The normalized spacial score (nSPS) is 14.6. The van der Waals surface area contributed by atoms with Gasteiger partial charge in [-0.1, -0.05) is 60.7 Å². The monoisotopic (exact) mass is 620 g/mol. The second-order valence-electron chi connectivity index (χ2n) is 14.3. The molecule has 0 fully saturated rings. The maximum absolute atomic E-state index is 7.13. The van der Waals surface area contributed by atoms with Crippen molar-refractivity contribution in [1.82, 2.24) is 0 Å². The first-order valence-corrected chi connectivity index (χ1v) is 32.0. The fourth-order valence-electron chi connectivity index (χ4n) is 4.88. The van der Waals surface area contributed by atoms with Crippen LogP contribution in [0.3, 0.4) is 0 Å². The Kier molecular flexibility index (Phi) is 10.6. The van der Waals surface area contributed by atoms with Gasteiger partial charge in [-0.2, -0.15) is 0 Å². The third-order valence-corrected chi connectivity index (χ3v) is 24.1. The van der Waals surface area contributed by atoms with Crippen molar-refractivity contribution in [2.75, 3.05) is 0 Å². The van der Waals surface area contributed by atoms with E-state index in [1.54, 1.807) is 0 Å². The first kappa shape index (κ1) is 33.5. The highest BCUT2D eigenvalue weighted by Crippen LogP contribution is 2.36. The lowest BCUT2D eigenvalue weighted by molar-refractivity contribution is 0.404. The van der Waals surface area contributed by atoms with E-state index in [0.717, 1.165) is 11.1 Å². The van der Waals surface area contributed by atoms with E-state index in [1.165, 1.54) is 10.4 Å². The molecule has 0 atom stereocenters. The second-order valence-corrected chi connectivity index (χ2v) is 39.3. The van der Waals surface area contributed by atoms with E-state index in [0.29, 0.717) is 0 Å². The zero-order chi connectivity index (χ0) is 29.2. The summed E-state index contributed by atoms with van der Waals surface area (Å²) in [7, 11) is -13.5. The molecule has 0 radical (unpaired) electrons. The van der Waals surface area contributed by atoms with Crippen molar-refractivity contribution in [1.29, 1.82) is 0 Å². The molecule has 10 heteroatoms. The molecule has 0 bridgehead atoms. The van der Waals surface area contributed by atoms with Gasteiger partial charge < -0.3 is 16.5 Å². The van der Waals surface area contributed by atoms with Gasteiger partial charge in [0.25, 0.3) is 0 Å². The number of hydrogen-bond acceptors (Lipinski definition) is 4. The van der Waals surface area contributed by atoms with Gasteiger partial charge in [0.05, 0.1) is 0 Å². The van der Waals surface area contributed by atoms with Crippen molar-refractivity contribution in [3.8, 4) is 0 Å². The lowest BCUT2D eigenvalue weighted by atomic mass is 10.1. The predicted octanol–water partition coefficient (Wildman–Crippen LogP) is 8.52. The SMILES string of the molecule is C[Si](C)(C)O[Si](C)(O[Si](C)(C)C)/C(=C\c1ccccc1)c1ccccc1[Si](C)(O[Si](C)(C)C)O[Si](C)(C)C. The van der Waals surface area contributed by atoms with Crippen LogP contribution in [0.5, 0.6) is 0 Å². The van der Waals surface area contributed by atoms with Crippen LogP contribution < -0.4 is 5.19 Å². The summed E-state index contributed by atoms with van der Waals surface area (Å²) in [5.41, 5.74) is 2.31. The van der Waals surface area contributed by atoms with Gasteiger partial charge in [-0.3, -0.25) is 0 Å². The molecule has 0 aliphatic heterocycles. The van der Waals surface area contributed by atoms with Crippen molar-refractivity contribution >= 4 is 66.9 Å². The third-order valence-electron chi connectivity index (χ3n) is 5.31. The summed E-state index contributed by atoms with van der Waals surface area (Å²) in [6, 6.07) is 19.3. The van der Waals surface area contributed by atoms with Crippen LogP contribution in [0.4, 0.5) is 0 Å². The smallest absolute Gasteiger partial charge is 0.349 e. The molecule has 2 aromatic rings. The van der Waals surface area contributed by atoms with E-state index in [4.69, 9.17) is 16.5 Å². The van der Waals surface area contributed by atoms with Gasteiger partial charge in [0, 0.05) is 5.20 Å². The first-order valence-electron chi connectivity index (χ1n) is 13.7. The lowest BCUT2D eigenvalue weighted by Crippen LogP contribution is -2.62. The zero-order valence-electron chi connectivity index (χ0n) is 26.4. The van der Waals surface area contributed by atoms with Gasteiger partial charge in [-0.05, 0) is 108 Å². The summed E-state index contributed by atoms with van der Waals surface area (Å²) >= 11 is 0. The van der Waals surface area contributed by atoms with Gasteiger partial charge in [0.2, 0.25) is 0 Å². The van der Waals surface area contributed by atoms with E-state index < -0.39 is 50.4 Å². The topological polar surface area (TPSA) is 36.9 Å². The van der Waals surface area contributed by atoms with E-state index in [-0.39, 0.29) is 0 Å². The Hall–Kier alpha value is -0.679. The second kappa shape index (κ2) is 12.1. The van der Waals surface area contributed by atoms with Gasteiger partial charge in [-0.15, -0.1) is 0 Å².